The van der Waals surface area contributed by atoms with Crippen molar-refractivity contribution in [3.05, 3.63) is 429 Å². The molecule has 0 spiro atoms. The van der Waals surface area contributed by atoms with E-state index in [2.05, 4.69) is 212 Å². The summed E-state index contributed by atoms with van der Waals surface area (Å²) in [5, 5.41) is 4.19. The van der Waals surface area contributed by atoms with Gasteiger partial charge in [-0.15, -0.1) is 0 Å². The molecule has 1 saturated heterocycles. The molecule has 0 bridgehead atoms. The van der Waals surface area contributed by atoms with Gasteiger partial charge in [0.05, 0.1) is 34.0 Å². The van der Waals surface area contributed by atoms with Gasteiger partial charge in [0.1, 0.15) is 22.3 Å². The lowest BCUT2D eigenvalue weighted by atomic mass is 9.76. The molecule has 1 aliphatic rings. The van der Waals surface area contributed by atoms with Crippen LogP contribution in [0.15, 0.2) is 438 Å². The van der Waals surface area contributed by atoms with E-state index in [-0.39, 0.29) is 0 Å². The molecule has 132 heavy (non-hydrogen) atoms. The second-order valence-corrected chi connectivity index (χ2v) is 34.3. The van der Waals surface area contributed by atoms with Gasteiger partial charge in [-0.3, -0.25) is 0 Å². The summed E-state index contributed by atoms with van der Waals surface area (Å²) in [5.74, 6) is 5.20. The smallest absolute Gasteiger partial charge is 0.456 e. The summed E-state index contributed by atoms with van der Waals surface area (Å²) in [6.07, 6.45) is 0. The summed E-state index contributed by atoms with van der Waals surface area (Å²) in [4.78, 5) is 49.2. The minimum absolute atomic E-state index is 0.480. The number of fused-ring (bicyclic) bond motifs is 6. The summed E-state index contributed by atoms with van der Waals surface area (Å²) in [6.45, 7) is 8.30. The molecule has 0 aliphatic carbocycles. The van der Waals surface area contributed by atoms with Gasteiger partial charge in [0.15, 0.2) is 46.6 Å². The molecular weight excluding hydrogens is 1690 g/mol. The quantitative estimate of drug-likeness (QED) is 0.0836. The Morgan fingerprint density at radius 1 is 0.205 bits per heavy atom. The number of aromatic nitrogens is 10. The van der Waals surface area contributed by atoms with Gasteiger partial charge in [-0.05, 0) is 128 Å². The van der Waals surface area contributed by atoms with Gasteiger partial charge in [-0.25, -0.2) is 49.8 Å². The van der Waals surface area contributed by atoms with E-state index in [9.17, 15) is 0 Å². The average molecular weight is 1770 g/mol. The first-order valence-corrected chi connectivity index (χ1v) is 44.6. The van der Waals surface area contributed by atoms with E-state index >= 15 is 0 Å². The molecule has 0 N–H and O–H groups in total. The van der Waals surface area contributed by atoms with E-state index in [1.807, 2.05) is 261 Å². The van der Waals surface area contributed by atoms with E-state index in [4.69, 9.17) is 63.0 Å². The third-order valence-electron chi connectivity index (χ3n) is 24.0. The van der Waals surface area contributed by atoms with Gasteiger partial charge in [0, 0.05) is 104 Å². The summed E-state index contributed by atoms with van der Waals surface area (Å²) < 4.78 is 27.2. The van der Waals surface area contributed by atoms with Crippen molar-refractivity contribution in [2.75, 3.05) is 0 Å². The molecule has 7 heterocycles. The maximum atomic E-state index is 6.67. The van der Waals surface area contributed by atoms with Crippen LogP contribution in [0.2, 0.25) is 0 Å². The van der Waals surface area contributed by atoms with Crippen LogP contribution >= 0.6 is 15.9 Å². The first-order valence-electron chi connectivity index (χ1n) is 43.8. The lowest BCUT2D eigenvalue weighted by Gasteiger charge is -2.32. The number of hydrogen-bond donors (Lipinski definition) is 0. The van der Waals surface area contributed by atoms with Crippen LogP contribution in [-0.2, 0) is 9.31 Å². The lowest BCUT2D eigenvalue weighted by molar-refractivity contribution is 0.00578. The molecule has 630 valence electrons. The van der Waals surface area contributed by atoms with Crippen LogP contribution in [0.4, 0.5) is 0 Å². The molecule has 16 heteroatoms. The lowest BCUT2D eigenvalue weighted by Crippen LogP contribution is -2.41. The van der Waals surface area contributed by atoms with Crippen molar-refractivity contribution in [3.8, 4) is 170 Å². The third kappa shape index (κ3) is 17.3. The standard InChI is InChI=1S/C55H35N5O.C40H33BN2O3.C21H14BrN3/c1-5-17-36(18-6-1)48-35-49(57-52(56-48)37-19-7-2-8-20-37)42-27-15-25-40(31-42)44-33-46(51-47(34-44)45-29-13-14-30-50(45)61-51)41-26-16-28-43(32-41)55-59-53(38-21-9-3-10-22-38)58-54(60-55)39-23-11-4-12-24-39;1-39(2)40(3,4)46-41(45-39)33-24-30(23-32-31-20-11-12-21-36(31)44-37(32)33)28-18-13-19-29(22-28)35-25-34(26-14-7-5-8-15-26)42-38(43-35)27-16-9-6-10-17-27;22-18-13-7-12-17(14-18)21-24-19(15-8-3-1-4-9-15)23-20(25-21)16-10-5-2-6-11-16/h1-35H;5-25H,1-4H3;1-14H. The van der Waals surface area contributed by atoms with Crippen LogP contribution in [0.1, 0.15) is 27.7 Å². The van der Waals surface area contributed by atoms with Crippen molar-refractivity contribution in [1.82, 2.24) is 49.8 Å². The predicted molar refractivity (Wildman–Crippen MR) is 537 cm³/mol. The summed E-state index contributed by atoms with van der Waals surface area (Å²) >= 11 is 3.52. The zero-order valence-corrected chi connectivity index (χ0v) is 74.1. The van der Waals surface area contributed by atoms with Crippen molar-refractivity contribution in [2.24, 2.45) is 0 Å². The third-order valence-corrected chi connectivity index (χ3v) is 24.5. The van der Waals surface area contributed by atoms with Crippen LogP contribution in [0.5, 0.6) is 0 Å². The van der Waals surface area contributed by atoms with Gasteiger partial charge < -0.3 is 18.1 Å². The summed E-state index contributed by atoms with van der Waals surface area (Å²) in [6, 6.07) is 144. The first kappa shape index (κ1) is 82.7. The van der Waals surface area contributed by atoms with E-state index in [0.717, 1.165) is 177 Å². The van der Waals surface area contributed by atoms with E-state index in [0.29, 0.717) is 46.6 Å². The van der Waals surface area contributed by atoms with Crippen molar-refractivity contribution >= 4 is 72.4 Å². The molecule has 14 nitrogen and oxygen atoms in total. The summed E-state index contributed by atoms with van der Waals surface area (Å²) in [5.41, 5.74) is 24.5. The van der Waals surface area contributed by atoms with Crippen molar-refractivity contribution in [2.45, 2.75) is 38.9 Å². The number of halogens is 1. The van der Waals surface area contributed by atoms with Crippen LogP contribution in [0.3, 0.4) is 0 Å². The highest BCUT2D eigenvalue weighted by molar-refractivity contribution is 9.10. The molecule has 1 fully saturated rings. The van der Waals surface area contributed by atoms with Crippen LogP contribution in [0, 0.1) is 0 Å². The maximum Gasteiger partial charge on any atom is 0.498 e. The number of hydrogen-bond acceptors (Lipinski definition) is 14. The number of furan rings is 2. The Balaban J connectivity index is 0.000000130. The normalized spacial score (nSPS) is 12.6. The second-order valence-electron chi connectivity index (χ2n) is 33.3. The van der Waals surface area contributed by atoms with Crippen LogP contribution in [-0.4, -0.2) is 68.2 Å². The molecule has 0 unspecified atom stereocenters. The Hall–Kier alpha value is -16.2. The van der Waals surface area contributed by atoms with Crippen molar-refractivity contribution in [3.63, 3.8) is 0 Å². The van der Waals surface area contributed by atoms with Crippen molar-refractivity contribution in [1.29, 1.82) is 0 Å². The average Bonchev–Trinajstić information content (AvgIpc) is 1.58. The molecule has 23 rings (SSSR count). The Kier molecular flexibility index (Phi) is 22.6. The van der Waals surface area contributed by atoms with Gasteiger partial charge in [0.25, 0.3) is 0 Å². The molecule has 1 aliphatic heterocycles. The zero-order valence-electron chi connectivity index (χ0n) is 72.5. The molecule has 0 amide bonds. The number of rotatable bonds is 16. The van der Waals surface area contributed by atoms with Gasteiger partial charge in [-0.2, -0.15) is 0 Å². The second kappa shape index (κ2) is 36.1. The van der Waals surface area contributed by atoms with Crippen LogP contribution < -0.4 is 5.46 Å². The van der Waals surface area contributed by atoms with Gasteiger partial charge >= 0.3 is 7.12 Å². The minimum atomic E-state index is -0.570. The Labute approximate surface area is 772 Å². The zero-order chi connectivity index (χ0) is 89.1. The highest BCUT2D eigenvalue weighted by Gasteiger charge is 2.53. The fraction of sp³-hybridized carbons (Fsp3) is 0.0517. The number of nitrogens with zero attached hydrogens (tertiary/aromatic N) is 10. The highest BCUT2D eigenvalue weighted by Crippen LogP contribution is 2.45. The molecule has 0 saturated carbocycles. The molecule has 22 aromatic rings. The monoisotopic (exact) mass is 1770 g/mol. The Morgan fingerprint density at radius 3 is 0.864 bits per heavy atom. The number of benzene rings is 16. The molecule has 0 atom stereocenters. The molecule has 16 aromatic carbocycles. The van der Waals surface area contributed by atoms with Gasteiger partial charge in [-0.1, -0.05) is 368 Å². The fourth-order valence-corrected chi connectivity index (χ4v) is 17.0. The minimum Gasteiger partial charge on any atom is -0.456 e. The molecule has 6 aromatic heterocycles. The van der Waals surface area contributed by atoms with Gasteiger partial charge in [0.2, 0.25) is 0 Å². The van der Waals surface area contributed by atoms with E-state index in [1.165, 1.54) is 0 Å². The SMILES string of the molecule is Brc1cccc(-c2nc(-c3ccccc3)nc(-c3ccccc3)n2)c1.CC1(C)OB(c2cc(-c3cccc(-c4cc(-c5ccccc5)nc(-c5ccccc5)n4)c3)cc3c2oc2ccccc23)OC1(C)C.c1ccc(-c2cc(-c3cccc(-c4cc(-c5cccc(-c6nc(-c7ccccc7)nc(-c7ccccc7)n6)c5)c5oc6ccccc6c5c4)c3)nc(-c3ccccc3)n2)cc1. The molecule has 0 radical (unpaired) electrons. The Bertz CT molecular complexity index is 7730. The fourth-order valence-electron chi connectivity index (χ4n) is 16.6. The summed E-state index contributed by atoms with van der Waals surface area (Å²) in [7, 11) is -0.570. The number of para-hydroxylation sites is 2. The van der Waals surface area contributed by atoms with Crippen LogP contribution in [0.25, 0.3) is 213 Å². The first-order chi connectivity index (χ1) is 64.7. The molecular formula is C116H82BBrN10O4. The van der Waals surface area contributed by atoms with Crippen molar-refractivity contribution < 1.29 is 18.1 Å². The topological polar surface area (TPSA) is 174 Å². The van der Waals surface area contributed by atoms with E-state index < -0.39 is 18.3 Å². The largest absolute Gasteiger partial charge is 0.498 e. The maximum absolute atomic E-state index is 6.67. The van der Waals surface area contributed by atoms with E-state index in [1.54, 1.807) is 0 Å². The Morgan fingerprint density at radius 2 is 0.477 bits per heavy atom. The highest BCUT2D eigenvalue weighted by atomic mass is 79.9. The predicted octanol–water partition coefficient (Wildman–Crippen LogP) is 28.9.